The Morgan fingerprint density at radius 2 is 1.67 bits per heavy atom. The summed E-state index contributed by atoms with van der Waals surface area (Å²) < 4.78 is 38.5. The number of carbonyl (C=O) groups excluding carboxylic acids is 2. The fourth-order valence-corrected chi connectivity index (χ4v) is 5.04. The van der Waals surface area contributed by atoms with Crippen LogP contribution in [0.1, 0.15) is 39.7 Å². The molecule has 2 amide bonds. The molecule has 0 bridgehead atoms. The SMILES string of the molecule is CC[C@H](C(=O)NC(C)C)N(Cc1ccccc1)C(=O)CN(c1ccc2c(c1)OCCO2)S(=O)(=O)CC. The van der Waals surface area contributed by atoms with Gasteiger partial charge in [-0.2, -0.15) is 0 Å². The zero-order valence-corrected chi connectivity index (χ0v) is 22.1. The first-order chi connectivity index (χ1) is 17.2. The summed E-state index contributed by atoms with van der Waals surface area (Å²) in [5, 5.41) is 2.88. The third kappa shape index (κ3) is 6.69. The Kier molecular flexibility index (Phi) is 9.19. The van der Waals surface area contributed by atoms with E-state index in [0.29, 0.717) is 36.8 Å². The van der Waals surface area contributed by atoms with Gasteiger partial charge >= 0.3 is 0 Å². The van der Waals surface area contributed by atoms with Crippen LogP contribution in [0.2, 0.25) is 0 Å². The summed E-state index contributed by atoms with van der Waals surface area (Å²) in [6.07, 6.45) is 0.377. The molecule has 0 fully saturated rings. The minimum absolute atomic E-state index is 0.102. The molecule has 0 radical (unpaired) electrons. The molecule has 10 heteroatoms. The minimum atomic E-state index is -3.82. The summed E-state index contributed by atoms with van der Waals surface area (Å²) in [6.45, 7) is 7.54. The number of ether oxygens (including phenoxy) is 2. The number of hydrogen-bond acceptors (Lipinski definition) is 6. The topological polar surface area (TPSA) is 105 Å². The maximum atomic E-state index is 13.8. The van der Waals surface area contributed by atoms with Gasteiger partial charge in [-0.1, -0.05) is 37.3 Å². The number of amides is 2. The zero-order valence-electron chi connectivity index (χ0n) is 21.3. The Balaban J connectivity index is 1.97. The molecule has 2 aromatic carbocycles. The summed E-state index contributed by atoms with van der Waals surface area (Å²) in [6, 6.07) is 13.3. The predicted molar refractivity (Wildman–Crippen MR) is 139 cm³/mol. The molecule has 0 unspecified atom stereocenters. The Hall–Kier alpha value is -3.27. The summed E-state index contributed by atoms with van der Waals surface area (Å²) in [7, 11) is -3.82. The molecule has 196 valence electrons. The van der Waals surface area contributed by atoms with Crippen LogP contribution in [0.5, 0.6) is 11.5 Å². The number of carbonyl (C=O) groups is 2. The van der Waals surface area contributed by atoms with Crippen LogP contribution in [-0.2, 0) is 26.2 Å². The molecule has 0 aliphatic carbocycles. The van der Waals surface area contributed by atoms with Gasteiger partial charge in [-0.25, -0.2) is 8.42 Å². The van der Waals surface area contributed by atoms with Crippen LogP contribution in [0.3, 0.4) is 0 Å². The number of nitrogens with zero attached hydrogens (tertiary/aromatic N) is 2. The van der Waals surface area contributed by atoms with Crippen molar-refractivity contribution in [3.05, 3.63) is 54.1 Å². The van der Waals surface area contributed by atoms with Crippen LogP contribution in [0.15, 0.2) is 48.5 Å². The van der Waals surface area contributed by atoms with Crippen molar-refractivity contribution in [3.63, 3.8) is 0 Å². The quantitative estimate of drug-likeness (QED) is 0.491. The van der Waals surface area contributed by atoms with Gasteiger partial charge in [0, 0.05) is 18.7 Å². The number of benzene rings is 2. The van der Waals surface area contributed by atoms with E-state index in [-0.39, 0.29) is 24.2 Å². The largest absolute Gasteiger partial charge is 0.486 e. The molecule has 2 aromatic rings. The Labute approximate surface area is 213 Å². The van der Waals surface area contributed by atoms with Crippen LogP contribution in [0.25, 0.3) is 0 Å². The van der Waals surface area contributed by atoms with E-state index in [1.807, 2.05) is 51.1 Å². The normalized spacial score (nSPS) is 13.7. The maximum absolute atomic E-state index is 13.8. The third-order valence-electron chi connectivity index (χ3n) is 5.81. The van der Waals surface area contributed by atoms with Crippen LogP contribution in [0, 0.1) is 0 Å². The molecule has 3 rings (SSSR count). The highest BCUT2D eigenvalue weighted by molar-refractivity contribution is 7.92. The Morgan fingerprint density at radius 3 is 2.28 bits per heavy atom. The number of rotatable bonds is 11. The number of sulfonamides is 1. The van der Waals surface area contributed by atoms with Crippen molar-refractivity contribution in [2.24, 2.45) is 0 Å². The molecular weight excluding hydrogens is 482 g/mol. The lowest BCUT2D eigenvalue weighted by Gasteiger charge is -2.33. The smallest absolute Gasteiger partial charge is 0.244 e. The van der Waals surface area contributed by atoms with E-state index in [2.05, 4.69) is 5.32 Å². The standard InChI is InChI=1S/C26H35N3O6S/c1-5-22(26(31)27-19(3)4)28(17-20-10-8-7-9-11-20)25(30)18-29(36(32,33)6-2)21-12-13-23-24(16-21)35-15-14-34-23/h7-13,16,19,22H,5-6,14-15,17-18H2,1-4H3,(H,27,31)/t22-/m1/s1. The van der Waals surface area contributed by atoms with Crippen molar-refractivity contribution >= 4 is 27.5 Å². The predicted octanol–water partition coefficient (Wildman–Crippen LogP) is 2.95. The molecule has 9 nitrogen and oxygen atoms in total. The molecule has 1 heterocycles. The summed E-state index contributed by atoms with van der Waals surface area (Å²) in [4.78, 5) is 28.2. The van der Waals surface area contributed by atoms with E-state index < -0.39 is 28.5 Å². The molecule has 1 atom stereocenters. The Bertz CT molecular complexity index is 1150. The molecular formula is C26H35N3O6S. The fraction of sp³-hybridized carbons (Fsp3) is 0.462. The van der Waals surface area contributed by atoms with Gasteiger partial charge in [0.15, 0.2) is 11.5 Å². The van der Waals surface area contributed by atoms with Crippen molar-refractivity contribution < 1.29 is 27.5 Å². The van der Waals surface area contributed by atoms with Crippen molar-refractivity contribution in [2.45, 2.75) is 52.7 Å². The molecule has 0 spiro atoms. The molecule has 0 saturated heterocycles. The average Bonchev–Trinajstić information content (AvgIpc) is 2.86. The first-order valence-electron chi connectivity index (χ1n) is 12.2. The summed E-state index contributed by atoms with van der Waals surface area (Å²) >= 11 is 0. The molecule has 1 aliphatic heterocycles. The minimum Gasteiger partial charge on any atom is -0.486 e. The number of nitrogens with one attached hydrogen (secondary N) is 1. The highest BCUT2D eigenvalue weighted by atomic mass is 32.2. The lowest BCUT2D eigenvalue weighted by atomic mass is 10.1. The monoisotopic (exact) mass is 517 g/mol. The van der Waals surface area contributed by atoms with Gasteiger partial charge in [0.25, 0.3) is 0 Å². The lowest BCUT2D eigenvalue weighted by Crippen LogP contribution is -2.53. The molecule has 0 saturated carbocycles. The number of anilines is 1. The van der Waals surface area contributed by atoms with Gasteiger partial charge in [-0.15, -0.1) is 0 Å². The Morgan fingerprint density at radius 1 is 1.00 bits per heavy atom. The van der Waals surface area contributed by atoms with Crippen LogP contribution in [0.4, 0.5) is 5.69 Å². The molecule has 1 N–H and O–H groups in total. The molecule has 36 heavy (non-hydrogen) atoms. The van der Waals surface area contributed by atoms with Crippen molar-refractivity contribution in [1.29, 1.82) is 0 Å². The summed E-state index contributed by atoms with van der Waals surface area (Å²) in [5.74, 6) is -0.00505. The molecule has 0 aromatic heterocycles. The second kappa shape index (κ2) is 12.1. The van der Waals surface area contributed by atoms with Gasteiger partial charge in [0.1, 0.15) is 25.8 Å². The molecule has 1 aliphatic rings. The van der Waals surface area contributed by atoms with Gasteiger partial charge in [-0.3, -0.25) is 13.9 Å². The number of hydrogen-bond donors (Lipinski definition) is 1. The van der Waals surface area contributed by atoms with E-state index in [9.17, 15) is 18.0 Å². The second-order valence-corrected chi connectivity index (χ2v) is 11.0. The third-order valence-corrected chi connectivity index (χ3v) is 7.55. The maximum Gasteiger partial charge on any atom is 0.244 e. The van der Waals surface area contributed by atoms with Crippen LogP contribution < -0.4 is 19.1 Å². The van der Waals surface area contributed by atoms with Gasteiger partial charge in [-0.05, 0) is 44.9 Å². The van der Waals surface area contributed by atoms with E-state index in [4.69, 9.17) is 9.47 Å². The van der Waals surface area contributed by atoms with Crippen LogP contribution >= 0.6 is 0 Å². The lowest BCUT2D eigenvalue weighted by molar-refractivity contribution is -0.140. The van der Waals surface area contributed by atoms with Crippen molar-refractivity contribution in [2.75, 3.05) is 29.8 Å². The first kappa shape index (κ1) is 27.3. The van der Waals surface area contributed by atoms with Gasteiger partial charge < -0.3 is 19.7 Å². The van der Waals surface area contributed by atoms with E-state index in [1.165, 1.54) is 11.8 Å². The average molecular weight is 518 g/mol. The van der Waals surface area contributed by atoms with Crippen molar-refractivity contribution in [3.8, 4) is 11.5 Å². The van der Waals surface area contributed by atoms with E-state index >= 15 is 0 Å². The highest BCUT2D eigenvalue weighted by Crippen LogP contribution is 2.35. The first-order valence-corrected chi connectivity index (χ1v) is 13.8. The zero-order chi connectivity index (χ0) is 26.3. The highest BCUT2D eigenvalue weighted by Gasteiger charge is 2.33. The second-order valence-electron chi connectivity index (χ2n) is 8.83. The van der Waals surface area contributed by atoms with Crippen molar-refractivity contribution in [1.82, 2.24) is 10.2 Å². The number of fused-ring (bicyclic) bond motifs is 1. The van der Waals surface area contributed by atoms with E-state index in [0.717, 1.165) is 9.87 Å². The van der Waals surface area contributed by atoms with Gasteiger partial charge in [0.05, 0.1) is 11.4 Å². The van der Waals surface area contributed by atoms with Crippen LogP contribution in [-0.4, -0.2) is 62.7 Å². The summed E-state index contributed by atoms with van der Waals surface area (Å²) in [5.41, 5.74) is 1.14. The van der Waals surface area contributed by atoms with E-state index in [1.54, 1.807) is 18.2 Å². The fourth-order valence-electron chi connectivity index (χ4n) is 3.99. The van der Waals surface area contributed by atoms with Gasteiger partial charge in [0.2, 0.25) is 21.8 Å².